The zero-order chi connectivity index (χ0) is 14.8. The number of nitrogens with one attached hydrogen (secondary N) is 2. The van der Waals surface area contributed by atoms with Crippen LogP contribution in [0, 0.1) is 5.92 Å². The Bertz CT molecular complexity index is 532. The summed E-state index contributed by atoms with van der Waals surface area (Å²) in [4.78, 5) is 13.7. The number of piperidine rings is 1. The molecule has 0 saturated carbocycles. The summed E-state index contributed by atoms with van der Waals surface area (Å²) in [7, 11) is 2.18. The van der Waals surface area contributed by atoms with Gasteiger partial charge in [-0.1, -0.05) is 13.0 Å². The van der Waals surface area contributed by atoms with E-state index in [1.54, 1.807) is 0 Å². The number of carbonyl (C=O) groups is 1. The molecule has 21 heavy (non-hydrogen) atoms. The van der Waals surface area contributed by atoms with Crippen molar-refractivity contribution < 1.29 is 9.53 Å². The van der Waals surface area contributed by atoms with Crippen LogP contribution in [-0.2, 0) is 11.3 Å². The average Bonchev–Trinajstić information content (AvgIpc) is 2.46. The van der Waals surface area contributed by atoms with E-state index in [2.05, 4.69) is 35.6 Å². The van der Waals surface area contributed by atoms with Gasteiger partial charge in [-0.05, 0) is 43.6 Å². The minimum atomic E-state index is -0.0865. The van der Waals surface area contributed by atoms with Gasteiger partial charge in [0.2, 0.25) is 0 Å². The minimum Gasteiger partial charge on any atom is -0.482 e. The number of amides is 1. The second kappa shape index (κ2) is 6.03. The molecule has 1 aromatic rings. The van der Waals surface area contributed by atoms with Crippen molar-refractivity contribution in [1.29, 1.82) is 0 Å². The third-order valence-corrected chi connectivity index (χ3v) is 4.35. The molecule has 2 unspecified atom stereocenters. The standard InChI is InChI=1S/C16H23N3O2/c1-11-9-19(2)6-5-13(11)17-8-12-3-4-15-14(7-12)18-16(20)10-21-15/h3-4,7,11,13,17H,5-6,8-10H2,1-2H3,(H,18,20). The smallest absolute Gasteiger partial charge is 0.262 e. The minimum absolute atomic E-state index is 0.0865. The van der Waals surface area contributed by atoms with Crippen molar-refractivity contribution in [2.24, 2.45) is 5.92 Å². The SMILES string of the molecule is CC1CN(C)CCC1NCc1ccc2c(c1)NC(=O)CO2. The van der Waals surface area contributed by atoms with E-state index in [9.17, 15) is 4.79 Å². The van der Waals surface area contributed by atoms with Crippen molar-refractivity contribution in [1.82, 2.24) is 10.2 Å². The summed E-state index contributed by atoms with van der Waals surface area (Å²) >= 11 is 0. The second-order valence-electron chi connectivity index (χ2n) is 6.18. The predicted molar refractivity (Wildman–Crippen MR) is 82.5 cm³/mol. The van der Waals surface area contributed by atoms with Crippen LogP contribution in [-0.4, -0.2) is 43.6 Å². The second-order valence-corrected chi connectivity index (χ2v) is 6.18. The number of anilines is 1. The highest BCUT2D eigenvalue weighted by Crippen LogP contribution is 2.28. The van der Waals surface area contributed by atoms with Crippen molar-refractivity contribution in [2.45, 2.75) is 25.9 Å². The molecule has 2 aliphatic heterocycles. The highest BCUT2D eigenvalue weighted by Gasteiger charge is 2.23. The van der Waals surface area contributed by atoms with E-state index in [4.69, 9.17) is 4.74 Å². The van der Waals surface area contributed by atoms with Crippen molar-refractivity contribution in [3.05, 3.63) is 23.8 Å². The van der Waals surface area contributed by atoms with Crippen LogP contribution in [0.25, 0.3) is 0 Å². The number of hydrogen-bond donors (Lipinski definition) is 2. The van der Waals surface area contributed by atoms with Crippen LogP contribution in [0.3, 0.4) is 0 Å². The molecule has 0 radical (unpaired) electrons. The molecule has 0 aromatic heterocycles. The molecule has 2 heterocycles. The van der Waals surface area contributed by atoms with Gasteiger partial charge < -0.3 is 20.3 Å². The number of ether oxygens (including phenoxy) is 1. The van der Waals surface area contributed by atoms with E-state index in [0.29, 0.717) is 12.0 Å². The molecule has 0 spiro atoms. The Hall–Kier alpha value is -1.59. The first-order valence-corrected chi connectivity index (χ1v) is 7.59. The molecule has 2 aliphatic rings. The number of benzene rings is 1. The normalized spacial score (nSPS) is 25.9. The maximum atomic E-state index is 11.4. The maximum absolute atomic E-state index is 11.4. The lowest BCUT2D eigenvalue weighted by Crippen LogP contribution is -2.46. The molecule has 0 aliphatic carbocycles. The van der Waals surface area contributed by atoms with E-state index in [0.717, 1.165) is 31.1 Å². The van der Waals surface area contributed by atoms with Crippen LogP contribution in [0.4, 0.5) is 5.69 Å². The largest absolute Gasteiger partial charge is 0.482 e. The molecule has 1 aromatic carbocycles. The lowest BCUT2D eigenvalue weighted by Gasteiger charge is -2.35. The molecule has 2 N–H and O–H groups in total. The van der Waals surface area contributed by atoms with E-state index >= 15 is 0 Å². The van der Waals surface area contributed by atoms with Gasteiger partial charge in [0.25, 0.3) is 5.91 Å². The van der Waals surface area contributed by atoms with Gasteiger partial charge in [-0.3, -0.25) is 4.79 Å². The molecule has 3 rings (SSSR count). The molecular formula is C16H23N3O2. The number of carbonyl (C=O) groups excluding carboxylic acids is 1. The zero-order valence-electron chi connectivity index (χ0n) is 12.7. The quantitative estimate of drug-likeness (QED) is 0.884. The fourth-order valence-electron chi connectivity index (χ4n) is 3.15. The highest BCUT2D eigenvalue weighted by molar-refractivity contribution is 5.95. The van der Waals surface area contributed by atoms with Crippen molar-refractivity contribution >= 4 is 11.6 Å². The Balaban J connectivity index is 1.61. The maximum Gasteiger partial charge on any atom is 0.262 e. The molecule has 114 valence electrons. The van der Waals surface area contributed by atoms with Crippen LogP contribution in [0.5, 0.6) is 5.75 Å². The van der Waals surface area contributed by atoms with E-state index in [-0.39, 0.29) is 12.5 Å². The summed E-state index contributed by atoms with van der Waals surface area (Å²) in [6.45, 7) is 5.52. The lowest BCUT2D eigenvalue weighted by atomic mass is 9.94. The van der Waals surface area contributed by atoms with Gasteiger partial charge in [-0.2, -0.15) is 0 Å². The summed E-state index contributed by atoms with van der Waals surface area (Å²) in [5, 5.41) is 6.50. The van der Waals surface area contributed by atoms with Gasteiger partial charge in [0.15, 0.2) is 6.61 Å². The number of nitrogens with zero attached hydrogens (tertiary/aromatic N) is 1. The molecule has 1 amide bonds. The Morgan fingerprint density at radius 1 is 1.48 bits per heavy atom. The van der Waals surface area contributed by atoms with Gasteiger partial charge in [0.1, 0.15) is 5.75 Å². The van der Waals surface area contributed by atoms with E-state index < -0.39 is 0 Å². The van der Waals surface area contributed by atoms with Gasteiger partial charge >= 0.3 is 0 Å². The average molecular weight is 289 g/mol. The van der Waals surface area contributed by atoms with E-state index in [1.807, 2.05) is 12.1 Å². The highest BCUT2D eigenvalue weighted by atomic mass is 16.5. The number of rotatable bonds is 3. The van der Waals surface area contributed by atoms with Crippen molar-refractivity contribution in [2.75, 3.05) is 32.1 Å². The fraction of sp³-hybridized carbons (Fsp3) is 0.562. The monoisotopic (exact) mass is 289 g/mol. The first kappa shape index (κ1) is 14.4. The first-order valence-electron chi connectivity index (χ1n) is 7.59. The number of fused-ring (bicyclic) bond motifs is 1. The van der Waals surface area contributed by atoms with Crippen LogP contribution in [0.15, 0.2) is 18.2 Å². The summed E-state index contributed by atoms with van der Waals surface area (Å²) in [6.07, 6.45) is 1.18. The molecule has 5 heteroatoms. The molecule has 1 fully saturated rings. The summed E-state index contributed by atoms with van der Waals surface area (Å²) in [5.74, 6) is 1.33. The summed E-state index contributed by atoms with van der Waals surface area (Å²) in [5.41, 5.74) is 1.95. The first-order chi connectivity index (χ1) is 10.1. The third-order valence-electron chi connectivity index (χ3n) is 4.35. The van der Waals surface area contributed by atoms with Crippen LogP contribution >= 0.6 is 0 Å². The van der Waals surface area contributed by atoms with Gasteiger partial charge in [-0.15, -0.1) is 0 Å². The van der Waals surface area contributed by atoms with Crippen LogP contribution < -0.4 is 15.4 Å². The molecule has 1 saturated heterocycles. The lowest BCUT2D eigenvalue weighted by molar-refractivity contribution is -0.118. The van der Waals surface area contributed by atoms with Gasteiger partial charge in [0.05, 0.1) is 5.69 Å². The Morgan fingerprint density at radius 3 is 3.14 bits per heavy atom. The molecule has 2 atom stereocenters. The molecular weight excluding hydrogens is 266 g/mol. The topological polar surface area (TPSA) is 53.6 Å². The molecule has 0 bridgehead atoms. The Labute approximate surface area is 125 Å². The van der Waals surface area contributed by atoms with Crippen LogP contribution in [0.2, 0.25) is 0 Å². The number of likely N-dealkylation sites (tertiary alicyclic amines) is 1. The summed E-state index contributed by atoms with van der Waals surface area (Å²) in [6, 6.07) is 6.55. The van der Waals surface area contributed by atoms with Crippen LogP contribution in [0.1, 0.15) is 18.9 Å². The van der Waals surface area contributed by atoms with E-state index in [1.165, 1.54) is 12.0 Å². The number of hydrogen-bond acceptors (Lipinski definition) is 4. The van der Waals surface area contributed by atoms with Crippen molar-refractivity contribution in [3.63, 3.8) is 0 Å². The predicted octanol–water partition coefficient (Wildman–Crippen LogP) is 1.45. The summed E-state index contributed by atoms with van der Waals surface area (Å²) < 4.78 is 5.38. The Kier molecular flexibility index (Phi) is 4.12. The van der Waals surface area contributed by atoms with Gasteiger partial charge in [0, 0.05) is 19.1 Å². The third kappa shape index (κ3) is 3.36. The van der Waals surface area contributed by atoms with Gasteiger partial charge in [-0.25, -0.2) is 0 Å². The molecule has 5 nitrogen and oxygen atoms in total. The zero-order valence-corrected chi connectivity index (χ0v) is 12.7. The van der Waals surface area contributed by atoms with Crippen molar-refractivity contribution in [3.8, 4) is 5.75 Å². The fourth-order valence-corrected chi connectivity index (χ4v) is 3.15. The Morgan fingerprint density at radius 2 is 2.33 bits per heavy atom.